The topological polar surface area (TPSA) is 63.4 Å². The normalized spacial score (nSPS) is 11.0. The number of nitrogens with one attached hydrogen (secondary N) is 1. The summed E-state index contributed by atoms with van der Waals surface area (Å²) in [4.78, 5) is 2.16. The summed E-state index contributed by atoms with van der Waals surface area (Å²) in [6.07, 6.45) is 1.08. The number of hydrogen-bond donors (Lipinski definition) is 1. The number of para-hydroxylation sites is 1. The number of aromatic nitrogens is 2. The number of ether oxygens (including phenoxy) is 1. The maximum absolute atomic E-state index is 5.66. The van der Waals surface area contributed by atoms with E-state index in [2.05, 4.69) is 34.5 Å². The van der Waals surface area contributed by atoms with Crippen LogP contribution in [0.1, 0.15) is 12.3 Å². The first-order valence-electron chi connectivity index (χ1n) is 7.02. The average molecular weight is 290 g/mol. The fraction of sp³-hybridized carbons (Fsp3) is 0.467. The molecule has 0 aliphatic heterocycles. The zero-order valence-corrected chi connectivity index (χ0v) is 12.8. The van der Waals surface area contributed by atoms with Crippen LogP contribution in [0.5, 0.6) is 5.75 Å². The minimum absolute atomic E-state index is 0.484. The summed E-state index contributed by atoms with van der Waals surface area (Å²) in [7, 11) is 5.76. The van der Waals surface area contributed by atoms with E-state index in [1.807, 2.05) is 24.3 Å². The van der Waals surface area contributed by atoms with Crippen LogP contribution in [-0.2, 0) is 6.54 Å². The van der Waals surface area contributed by atoms with Gasteiger partial charge in [0.15, 0.2) is 0 Å². The van der Waals surface area contributed by atoms with E-state index in [9.17, 15) is 0 Å². The highest BCUT2D eigenvalue weighted by molar-refractivity contribution is 5.62. The van der Waals surface area contributed by atoms with Crippen molar-refractivity contribution >= 4 is 0 Å². The average Bonchev–Trinajstić information content (AvgIpc) is 2.95. The molecule has 1 aromatic carbocycles. The van der Waals surface area contributed by atoms with Gasteiger partial charge in [-0.2, -0.15) is 0 Å². The smallest absolute Gasteiger partial charge is 0.251 e. The molecule has 6 nitrogen and oxygen atoms in total. The molecule has 2 rings (SSSR count). The molecule has 0 spiro atoms. The third kappa shape index (κ3) is 4.54. The second-order valence-electron chi connectivity index (χ2n) is 5.03. The van der Waals surface area contributed by atoms with Crippen molar-refractivity contribution in [2.75, 3.05) is 34.3 Å². The van der Waals surface area contributed by atoms with Crippen LogP contribution in [0.3, 0.4) is 0 Å². The number of benzene rings is 1. The van der Waals surface area contributed by atoms with Gasteiger partial charge in [0.25, 0.3) is 5.89 Å². The fourth-order valence-electron chi connectivity index (χ4n) is 1.97. The van der Waals surface area contributed by atoms with E-state index in [-0.39, 0.29) is 0 Å². The summed E-state index contributed by atoms with van der Waals surface area (Å²) in [5, 5.41) is 11.4. The summed E-state index contributed by atoms with van der Waals surface area (Å²) >= 11 is 0. The minimum Gasteiger partial charge on any atom is -0.496 e. The number of nitrogens with zero attached hydrogens (tertiary/aromatic N) is 3. The molecule has 1 N–H and O–H groups in total. The van der Waals surface area contributed by atoms with Gasteiger partial charge in [0.05, 0.1) is 19.2 Å². The molecule has 21 heavy (non-hydrogen) atoms. The minimum atomic E-state index is 0.484. The quantitative estimate of drug-likeness (QED) is 0.748. The maximum Gasteiger partial charge on any atom is 0.251 e. The van der Waals surface area contributed by atoms with Crippen molar-refractivity contribution in [3.05, 3.63) is 30.2 Å². The Morgan fingerprint density at radius 3 is 2.81 bits per heavy atom. The zero-order valence-electron chi connectivity index (χ0n) is 12.8. The Morgan fingerprint density at radius 2 is 2.05 bits per heavy atom. The fourth-order valence-corrected chi connectivity index (χ4v) is 1.97. The van der Waals surface area contributed by atoms with Crippen LogP contribution >= 0.6 is 0 Å². The van der Waals surface area contributed by atoms with Gasteiger partial charge in [-0.25, -0.2) is 0 Å². The predicted molar refractivity (Wildman–Crippen MR) is 81.2 cm³/mol. The molecule has 1 aromatic heterocycles. The van der Waals surface area contributed by atoms with Crippen LogP contribution in [-0.4, -0.2) is 49.4 Å². The molecule has 6 heteroatoms. The molecule has 0 radical (unpaired) electrons. The van der Waals surface area contributed by atoms with E-state index < -0.39 is 0 Å². The molecule has 0 fully saturated rings. The van der Waals surface area contributed by atoms with Crippen molar-refractivity contribution in [3.63, 3.8) is 0 Å². The predicted octanol–water partition coefficient (Wildman–Crippen LogP) is 1.79. The van der Waals surface area contributed by atoms with Gasteiger partial charge in [0.1, 0.15) is 5.75 Å². The first-order valence-corrected chi connectivity index (χ1v) is 7.02. The lowest BCUT2D eigenvalue weighted by molar-refractivity contribution is 0.389. The van der Waals surface area contributed by atoms with Crippen LogP contribution in [0.4, 0.5) is 0 Å². The molecule has 0 amide bonds. The summed E-state index contributed by atoms with van der Waals surface area (Å²) < 4.78 is 11.0. The van der Waals surface area contributed by atoms with Gasteiger partial charge in [-0.15, -0.1) is 10.2 Å². The molecular formula is C15H22N4O2. The van der Waals surface area contributed by atoms with Crippen LogP contribution in [0.2, 0.25) is 0 Å². The van der Waals surface area contributed by atoms with Gasteiger partial charge in [0, 0.05) is 0 Å². The van der Waals surface area contributed by atoms with Gasteiger partial charge in [0.2, 0.25) is 5.89 Å². The highest BCUT2D eigenvalue weighted by Gasteiger charge is 2.12. The van der Waals surface area contributed by atoms with E-state index in [0.29, 0.717) is 18.3 Å². The van der Waals surface area contributed by atoms with Crippen molar-refractivity contribution in [2.45, 2.75) is 13.0 Å². The highest BCUT2D eigenvalue weighted by Crippen LogP contribution is 2.28. The molecule has 0 aliphatic rings. The second-order valence-corrected chi connectivity index (χ2v) is 5.03. The Hall–Kier alpha value is -1.92. The van der Waals surface area contributed by atoms with Crippen molar-refractivity contribution in [3.8, 4) is 17.2 Å². The Kier molecular flexibility index (Phi) is 5.71. The van der Waals surface area contributed by atoms with Crippen LogP contribution in [0.25, 0.3) is 11.5 Å². The third-order valence-electron chi connectivity index (χ3n) is 3.04. The first-order chi connectivity index (χ1) is 10.2. The third-order valence-corrected chi connectivity index (χ3v) is 3.04. The molecule has 0 aliphatic carbocycles. The molecule has 0 atom stereocenters. The maximum atomic E-state index is 5.66. The monoisotopic (exact) mass is 290 g/mol. The highest BCUT2D eigenvalue weighted by atomic mass is 16.5. The van der Waals surface area contributed by atoms with E-state index in [4.69, 9.17) is 9.15 Å². The van der Waals surface area contributed by atoms with E-state index in [0.717, 1.165) is 30.8 Å². The largest absolute Gasteiger partial charge is 0.496 e. The first kappa shape index (κ1) is 15.5. The van der Waals surface area contributed by atoms with Crippen molar-refractivity contribution < 1.29 is 9.15 Å². The lowest BCUT2D eigenvalue weighted by Gasteiger charge is -2.08. The second kappa shape index (κ2) is 7.75. The van der Waals surface area contributed by atoms with Gasteiger partial charge in [-0.3, -0.25) is 0 Å². The van der Waals surface area contributed by atoms with E-state index in [1.165, 1.54) is 0 Å². The Bertz CT molecular complexity index is 554. The zero-order chi connectivity index (χ0) is 15.1. The molecular weight excluding hydrogens is 268 g/mol. The standard InChI is InChI=1S/C15H22N4O2/c1-19(2)10-6-9-16-11-14-17-18-15(21-14)12-7-4-5-8-13(12)20-3/h4-5,7-8,16H,6,9-11H2,1-3H3. The molecule has 0 bridgehead atoms. The van der Waals surface area contributed by atoms with E-state index in [1.54, 1.807) is 7.11 Å². The van der Waals surface area contributed by atoms with Crippen molar-refractivity contribution in [2.24, 2.45) is 0 Å². The van der Waals surface area contributed by atoms with Crippen molar-refractivity contribution in [1.29, 1.82) is 0 Å². The number of hydrogen-bond acceptors (Lipinski definition) is 6. The summed E-state index contributed by atoms with van der Waals surface area (Å²) in [6, 6.07) is 7.60. The molecule has 1 heterocycles. The molecule has 114 valence electrons. The van der Waals surface area contributed by atoms with Crippen LogP contribution < -0.4 is 10.1 Å². The lowest BCUT2D eigenvalue weighted by Crippen LogP contribution is -2.21. The summed E-state index contributed by atoms with van der Waals surface area (Å²) in [6.45, 7) is 2.56. The number of rotatable bonds is 8. The van der Waals surface area contributed by atoms with Gasteiger partial charge >= 0.3 is 0 Å². The lowest BCUT2D eigenvalue weighted by atomic mass is 10.2. The van der Waals surface area contributed by atoms with Crippen LogP contribution in [0, 0.1) is 0 Å². The SMILES string of the molecule is COc1ccccc1-c1nnc(CNCCCN(C)C)o1. The van der Waals surface area contributed by atoms with E-state index >= 15 is 0 Å². The van der Waals surface area contributed by atoms with Gasteiger partial charge in [-0.1, -0.05) is 12.1 Å². The van der Waals surface area contributed by atoms with Gasteiger partial charge < -0.3 is 19.4 Å². The Labute approximate surface area is 125 Å². The summed E-state index contributed by atoms with van der Waals surface area (Å²) in [5.74, 6) is 1.80. The number of methoxy groups -OCH3 is 1. The molecule has 0 saturated carbocycles. The summed E-state index contributed by atoms with van der Waals surface area (Å²) in [5.41, 5.74) is 0.811. The Balaban J connectivity index is 1.89. The van der Waals surface area contributed by atoms with Gasteiger partial charge in [-0.05, 0) is 45.7 Å². The molecule has 2 aromatic rings. The molecule has 0 unspecified atom stereocenters. The molecule has 0 saturated heterocycles. The van der Waals surface area contributed by atoms with Crippen molar-refractivity contribution in [1.82, 2.24) is 20.4 Å². The van der Waals surface area contributed by atoms with Crippen LogP contribution in [0.15, 0.2) is 28.7 Å². The Morgan fingerprint density at radius 1 is 1.24 bits per heavy atom.